The van der Waals surface area contributed by atoms with E-state index in [1.165, 1.54) is 21.9 Å². The second-order valence-corrected chi connectivity index (χ2v) is 8.14. The van der Waals surface area contributed by atoms with E-state index in [1.807, 2.05) is 30.7 Å². The van der Waals surface area contributed by atoms with Gasteiger partial charge in [-0.25, -0.2) is 4.68 Å². The summed E-state index contributed by atoms with van der Waals surface area (Å²) >= 11 is 0. The van der Waals surface area contributed by atoms with Gasteiger partial charge in [-0.3, -0.25) is 4.79 Å². The van der Waals surface area contributed by atoms with E-state index in [0.29, 0.717) is 6.54 Å². The normalized spacial score (nSPS) is 12.1. The fourth-order valence-electron chi connectivity index (χ4n) is 4.01. The van der Waals surface area contributed by atoms with Crippen molar-refractivity contribution < 1.29 is 10.1 Å². The molecule has 0 aliphatic rings. The molecule has 0 bridgehead atoms. The number of hydrogen-bond donors (Lipinski definition) is 2. The number of hydrogen-bond acceptors (Lipinski definition) is 2. The summed E-state index contributed by atoms with van der Waals surface area (Å²) in [6.45, 7) is 8.46. The van der Waals surface area contributed by atoms with E-state index >= 15 is 0 Å². The molecule has 5 heteroatoms. The van der Waals surface area contributed by atoms with Gasteiger partial charge < -0.3 is 10.6 Å². The fraction of sp³-hybridized carbons (Fsp3) is 0.231. The molecule has 3 aromatic carbocycles. The van der Waals surface area contributed by atoms with Gasteiger partial charge in [0.25, 0.3) is 5.91 Å². The van der Waals surface area contributed by atoms with Crippen molar-refractivity contribution in [3.05, 3.63) is 89.2 Å². The predicted octanol–water partition coefficient (Wildman–Crippen LogP) is 4.21. The minimum absolute atomic E-state index is 0.0262. The van der Waals surface area contributed by atoms with Gasteiger partial charge in [0.05, 0.1) is 22.8 Å². The van der Waals surface area contributed by atoms with E-state index in [-0.39, 0.29) is 11.9 Å². The van der Waals surface area contributed by atoms with Crippen molar-refractivity contribution in [2.24, 2.45) is 0 Å². The van der Waals surface area contributed by atoms with Crippen LogP contribution in [0.3, 0.4) is 0 Å². The first-order valence-corrected chi connectivity index (χ1v) is 10.7. The molecular weight excluding hydrogens is 384 g/mol. The van der Waals surface area contributed by atoms with Crippen LogP contribution in [-0.4, -0.2) is 22.2 Å². The van der Waals surface area contributed by atoms with Crippen LogP contribution in [0.4, 0.5) is 5.69 Å². The van der Waals surface area contributed by atoms with Crippen molar-refractivity contribution in [2.75, 3.05) is 11.9 Å². The molecule has 31 heavy (non-hydrogen) atoms. The molecule has 0 fully saturated rings. The van der Waals surface area contributed by atoms with Crippen LogP contribution in [0, 0.1) is 20.8 Å². The second-order valence-electron chi connectivity index (χ2n) is 8.14. The Morgan fingerprint density at radius 2 is 1.71 bits per heavy atom. The maximum atomic E-state index is 12.7. The van der Waals surface area contributed by atoms with Crippen LogP contribution in [0.15, 0.2) is 66.7 Å². The monoisotopic (exact) mass is 413 g/mol. The number of nitrogens with two attached hydrogens (primary N) is 1. The highest BCUT2D eigenvalue weighted by Gasteiger charge is 2.18. The maximum absolute atomic E-state index is 12.7. The SMILES string of the molecule is Cc1ccc(-n2nc(C)c(NC(=O)C[NH2+][C@@H](C)c3cccc4ccccc34)c2C)cc1. The Hall–Kier alpha value is -3.44. The zero-order valence-corrected chi connectivity index (χ0v) is 18.5. The molecule has 4 rings (SSSR count). The summed E-state index contributed by atoms with van der Waals surface area (Å²) < 4.78 is 1.88. The highest BCUT2D eigenvalue weighted by atomic mass is 16.1. The Labute approximate surface area is 183 Å². The molecule has 158 valence electrons. The van der Waals surface area contributed by atoms with Crippen LogP contribution in [0.1, 0.15) is 35.5 Å². The van der Waals surface area contributed by atoms with Crippen molar-refractivity contribution >= 4 is 22.4 Å². The van der Waals surface area contributed by atoms with Crippen LogP contribution in [0.5, 0.6) is 0 Å². The highest BCUT2D eigenvalue weighted by molar-refractivity contribution is 5.92. The van der Waals surface area contributed by atoms with Crippen molar-refractivity contribution in [1.29, 1.82) is 0 Å². The second kappa shape index (κ2) is 8.74. The number of aryl methyl sites for hydroxylation is 2. The molecule has 3 N–H and O–H groups in total. The minimum atomic E-state index is -0.0262. The number of carbonyl (C=O) groups is 1. The van der Waals surface area contributed by atoms with Gasteiger partial charge in [-0.2, -0.15) is 5.10 Å². The molecule has 1 atom stereocenters. The minimum Gasteiger partial charge on any atom is -0.332 e. The van der Waals surface area contributed by atoms with E-state index in [9.17, 15) is 4.79 Å². The fourth-order valence-corrected chi connectivity index (χ4v) is 4.01. The summed E-state index contributed by atoms with van der Waals surface area (Å²) in [5.74, 6) is -0.0262. The van der Waals surface area contributed by atoms with Crippen molar-refractivity contribution in [3.63, 3.8) is 0 Å². The predicted molar refractivity (Wildman–Crippen MR) is 126 cm³/mol. The summed E-state index contributed by atoms with van der Waals surface area (Å²) in [5.41, 5.74) is 5.96. The Balaban J connectivity index is 1.45. The molecular formula is C26H29N4O+. The van der Waals surface area contributed by atoms with Gasteiger partial charge in [0.2, 0.25) is 0 Å². The van der Waals surface area contributed by atoms with Crippen LogP contribution in [0.25, 0.3) is 16.5 Å². The summed E-state index contributed by atoms with van der Waals surface area (Å²) in [4.78, 5) is 12.7. The number of aromatic nitrogens is 2. The lowest BCUT2D eigenvalue weighted by atomic mass is 10.00. The number of amides is 1. The topological polar surface area (TPSA) is 63.5 Å². The number of nitrogens with one attached hydrogen (secondary N) is 1. The Bertz CT molecular complexity index is 1220. The number of benzene rings is 3. The van der Waals surface area contributed by atoms with E-state index in [0.717, 1.165) is 22.8 Å². The Kier molecular flexibility index (Phi) is 5.87. The number of fused-ring (bicyclic) bond motifs is 1. The van der Waals surface area contributed by atoms with Crippen molar-refractivity contribution in [3.8, 4) is 5.69 Å². The van der Waals surface area contributed by atoms with Crippen molar-refractivity contribution in [1.82, 2.24) is 9.78 Å². The third kappa shape index (κ3) is 4.37. The van der Waals surface area contributed by atoms with Crippen molar-refractivity contribution in [2.45, 2.75) is 33.7 Å². The van der Waals surface area contributed by atoms with Crippen LogP contribution < -0.4 is 10.6 Å². The summed E-state index contributed by atoms with van der Waals surface area (Å²) in [6, 6.07) is 23.1. The van der Waals surface area contributed by atoms with Gasteiger partial charge in [0.15, 0.2) is 6.54 Å². The molecule has 0 saturated heterocycles. The standard InChI is InChI=1S/C26H28N4O/c1-17-12-14-22(15-13-17)30-20(4)26(19(3)29-30)28-25(31)16-27-18(2)23-11-7-9-21-8-5-6-10-24(21)23/h5-15,18,27H,16H2,1-4H3,(H,28,31)/p+1/t18-/m0/s1. The molecule has 0 unspecified atom stereocenters. The Morgan fingerprint density at radius 1 is 1.00 bits per heavy atom. The molecule has 1 heterocycles. The zero-order valence-electron chi connectivity index (χ0n) is 18.5. The van der Waals surface area contributed by atoms with Gasteiger partial charge in [-0.05, 0) is 50.6 Å². The molecule has 5 nitrogen and oxygen atoms in total. The van der Waals surface area contributed by atoms with Crippen LogP contribution >= 0.6 is 0 Å². The average molecular weight is 414 g/mol. The summed E-state index contributed by atoms with van der Waals surface area (Å²) in [6.07, 6.45) is 0. The van der Waals surface area contributed by atoms with E-state index < -0.39 is 0 Å². The molecule has 1 amide bonds. The smallest absolute Gasteiger partial charge is 0.279 e. The third-order valence-electron chi connectivity index (χ3n) is 5.80. The molecule has 0 radical (unpaired) electrons. The van der Waals surface area contributed by atoms with Gasteiger partial charge in [0, 0.05) is 5.56 Å². The average Bonchev–Trinajstić information content (AvgIpc) is 3.06. The first kappa shape index (κ1) is 20.8. The largest absolute Gasteiger partial charge is 0.332 e. The van der Waals surface area contributed by atoms with Gasteiger partial charge in [-0.1, -0.05) is 60.2 Å². The summed E-state index contributed by atoms with van der Waals surface area (Å²) in [7, 11) is 0. The molecule has 1 aromatic heterocycles. The lowest BCUT2D eigenvalue weighted by Gasteiger charge is -2.14. The third-order valence-corrected chi connectivity index (χ3v) is 5.80. The van der Waals surface area contributed by atoms with E-state index in [2.05, 4.69) is 84.2 Å². The van der Waals surface area contributed by atoms with Crippen LogP contribution in [-0.2, 0) is 4.79 Å². The van der Waals surface area contributed by atoms with Gasteiger partial charge in [-0.15, -0.1) is 0 Å². The summed E-state index contributed by atoms with van der Waals surface area (Å²) in [5, 5.41) is 12.2. The molecule has 0 aliphatic heterocycles. The maximum Gasteiger partial charge on any atom is 0.279 e. The van der Waals surface area contributed by atoms with Crippen LogP contribution in [0.2, 0.25) is 0 Å². The molecule has 0 spiro atoms. The van der Waals surface area contributed by atoms with Gasteiger partial charge in [0.1, 0.15) is 6.04 Å². The van der Waals surface area contributed by atoms with Gasteiger partial charge >= 0.3 is 0 Å². The van der Waals surface area contributed by atoms with E-state index in [4.69, 9.17) is 0 Å². The molecule has 0 aliphatic carbocycles. The first-order valence-electron chi connectivity index (χ1n) is 10.7. The molecule has 4 aromatic rings. The zero-order chi connectivity index (χ0) is 22.0. The number of carbonyl (C=O) groups excluding carboxylic acids is 1. The number of quaternary nitrogens is 1. The lowest BCUT2D eigenvalue weighted by Crippen LogP contribution is -2.86. The highest BCUT2D eigenvalue weighted by Crippen LogP contribution is 2.24. The molecule has 0 saturated carbocycles. The Morgan fingerprint density at radius 3 is 2.48 bits per heavy atom. The first-order chi connectivity index (χ1) is 14.9. The lowest BCUT2D eigenvalue weighted by molar-refractivity contribution is -0.682. The quantitative estimate of drug-likeness (QED) is 0.497. The van der Waals surface area contributed by atoms with E-state index in [1.54, 1.807) is 0 Å². The number of anilines is 1. The number of rotatable bonds is 6. The number of nitrogens with zero attached hydrogens (tertiary/aromatic N) is 2.